The van der Waals surface area contributed by atoms with E-state index >= 15 is 0 Å². The summed E-state index contributed by atoms with van der Waals surface area (Å²) in [5.74, 6) is 0. The molecular weight excluding hydrogens is 278 g/mol. The Morgan fingerprint density at radius 1 is 1.24 bits per heavy atom. The molecule has 0 fully saturated rings. The normalized spacial score (nSPS) is 10.3. The number of halogens is 1. The fourth-order valence-electron chi connectivity index (χ4n) is 1.76. The van der Waals surface area contributed by atoms with Gasteiger partial charge in [-0.1, -0.05) is 15.9 Å². The SMILES string of the molecule is Cc1cc(Br)cc(C)c1Nc1ccncc1N. The lowest BCUT2D eigenvalue weighted by Crippen LogP contribution is -2.00. The van der Waals surface area contributed by atoms with Crippen molar-refractivity contribution in [1.82, 2.24) is 4.98 Å². The number of nitrogens with zero attached hydrogens (tertiary/aromatic N) is 1. The second-order valence-corrected chi connectivity index (χ2v) is 4.92. The highest BCUT2D eigenvalue weighted by Crippen LogP contribution is 2.29. The largest absolute Gasteiger partial charge is 0.396 e. The number of nitrogen functional groups attached to an aromatic ring is 1. The van der Waals surface area contributed by atoms with Gasteiger partial charge in [0, 0.05) is 16.4 Å². The number of nitrogens with two attached hydrogens (primary N) is 1. The van der Waals surface area contributed by atoms with Crippen molar-refractivity contribution >= 4 is 33.0 Å². The number of aryl methyl sites for hydroxylation is 2. The Morgan fingerprint density at radius 2 is 1.88 bits per heavy atom. The number of hydrogen-bond acceptors (Lipinski definition) is 3. The Hall–Kier alpha value is -1.55. The van der Waals surface area contributed by atoms with Gasteiger partial charge in [-0.05, 0) is 43.2 Å². The van der Waals surface area contributed by atoms with E-state index in [2.05, 4.69) is 52.2 Å². The Labute approximate surface area is 109 Å². The van der Waals surface area contributed by atoms with Gasteiger partial charge in [-0.2, -0.15) is 0 Å². The molecule has 1 aromatic heterocycles. The van der Waals surface area contributed by atoms with Crippen molar-refractivity contribution in [3.05, 3.63) is 46.2 Å². The fraction of sp³-hybridized carbons (Fsp3) is 0.154. The Kier molecular flexibility index (Phi) is 3.33. The van der Waals surface area contributed by atoms with E-state index in [1.54, 1.807) is 12.4 Å². The molecule has 0 unspecified atom stereocenters. The lowest BCUT2D eigenvalue weighted by molar-refractivity contribution is 1.31. The first-order valence-electron chi connectivity index (χ1n) is 5.31. The van der Waals surface area contributed by atoms with Gasteiger partial charge in [0.2, 0.25) is 0 Å². The summed E-state index contributed by atoms with van der Waals surface area (Å²) in [5, 5.41) is 3.35. The Balaban J connectivity index is 2.40. The molecular formula is C13H14BrN3. The van der Waals surface area contributed by atoms with Crippen molar-refractivity contribution in [2.75, 3.05) is 11.1 Å². The van der Waals surface area contributed by atoms with Gasteiger partial charge in [-0.15, -0.1) is 0 Å². The lowest BCUT2D eigenvalue weighted by Gasteiger charge is -2.14. The zero-order valence-corrected chi connectivity index (χ0v) is 11.4. The monoisotopic (exact) mass is 291 g/mol. The van der Waals surface area contributed by atoms with E-state index < -0.39 is 0 Å². The molecule has 1 heterocycles. The Morgan fingerprint density at radius 3 is 2.47 bits per heavy atom. The maximum atomic E-state index is 5.86. The number of nitrogens with one attached hydrogen (secondary N) is 1. The molecule has 0 amide bonds. The third-order valence-electron chi connectivity index (χ3n) is 2.61. The number of hydrogen-bond donors (Lipinski definition) is 2. The predicted molar refractivity (Wildman–Crippen MR) is 75.5 cm³/mol. The summed E-state index contributed by atoms with van der Waals surface area (Å²) in [4.78, 5) is 3.97. The first-order chi connectivity index (χ1) is 8.08. The van der Waals surface area contributed by atoms with Crippen LogP contribution in [0.1, 0.15) is 11.1 Å². The van der Waals surface area contributed by atoms with Crippen molar-refractivity contribution in [1.29, 1.82) is 0 Å². The average Bonchev–Trinajstić information content (AvgIpc) is 2.25. The van der Waals surface area contributed by atoms with Crippen LogP contribution in [0.2, 0.25) is 0 Å². The summed E-state index contributed by atoms with van der Waals surface area (Å²) in [7, 11) is 0. The van der Waals surface area contributed by atoms with Gasteiger partial charge in [0.1, 0.15) is 0 Å². The molecule has 17 heavy (non-hydrogen) atoms. The van der Waals surface area contributed by atoms with Crippen LogP contribution in [-0.2, 0) is 0 Å². The van der Waals surface area contributed by atoms with Crippen LogP contribution < -0.4 is 11.1 Å². The molecule has 0 radical (unpaired) electrons. The molecule has 4 heteroatoms. The molecule has 0 aliphatic heterocycles. The van der Waals surface area contributed by atoms with Crippen molar-refractivity contribution in [3.8, 4) is 0 Å². The summed E-state index contributed by atoms with van der Waals surface area (Å²) in [5.41, 5.74) is 10.8. The third kappa shape index (κ3) is 2.58. The van der Waals surface area contributed by atoms with Crippen LogP contribution >= 0.6 is 15.9 Å². The quantitative estimate of drug-likeness (QED) is 0.885. The van der Waals surface area contributed by atoms with Gasteiger partial charge in [-0.25, -0.2) is 0 Å². The van der Waals surface area contributed by atoms with Crippen molar-refractivity contribution in [2.24, 2.45) is 0 Å². The van der Waals surface area contributed by atoms with E-state index in [0.29, 0.717) is 5.69 Å². The molecule has 0 atom stereocenters. The zero-order valence-electron chi connectivity index (χ0n) is 9.79. The van der Waals surface area contributed by atoms with E-state index in [9.17, 15) is 0 Å². The first kappa shape index (κ1) is 11.9. The maximum Gasteiger partial charge on any atom is 0.0739 e. The molecule has 0 aliphatic carbocycles. The number of anilines is 3. The zero-order chi connectivity index (χ0) is 12.4. The molecule has 2 aromatic rings. The fourth-order valence-corrected chi connectivity index (χ4v) is 2.45. The molecule has 0 aliphatic rings. The third-order valence-corrected chi connectivity index (χ3v) is 3.07. The summed E-state index contributed by atoms with van der Waals surface area (Å²) >= 11 is 3.48. The van der Waals surface area contributed by atoms with Gasteiger partial charge < -0.3 is 11.1 Å². The van der Waals surface area contributed by atoms with E-state index in [1.165, 1.54) is 11.1 Å². The van der Waals surface area contributed by atoms with Crippen molar-refractivity contribution in [2.45, 2.75) is 13.8 Å². The van der Waals surface area contributed by atoms with Gasteiger partial charge in [0.05, 0.1) is 17.6 Å². The number of aromatic nitrogens is 1. The number of benzene rings is 1. The van der Waals surface area contributed by atoms with Crippen LogP contribution in [0, 0.1) is 13.8 Å². The smallest absolute Gasteiger partial charge is 0.0739 e. The van der Waals surface area contributed by atoms with Crippen molar-refractivity contribution in [3.63, 3.8) is 0 Å². The highest BCUT2D eigenvalue weighted by Gasteiger charge is 2.06. The summed E-state index contributed by atoms with van der Waals surface area (Å²) in [6.07, 6.45) is 3.37. The molecule has 3 nitrogen and oxygen atoms in total. The summed E-state index contributed by atoms with van der Waals surface area (Å²) in [6.45, 7) is 4.13. The standard InChI is InChI=1S/C13H14BrN3/c1-8-5-10(14)6-9(2)13(8)17-12-3-4-16-7-11(12)15/h3-7H,15H2,1-2H3,(H,16,17). The average molecular weight is 292 g/mol. The van der Waals surface area contributed by atoms with Gasteiger partial charge in [0.25, 0.3) is 0 Å². The minimum absolute atomic E-state index is 0.647. The highest BCUT2D eigenvalue weighted by atomic mass is 79.9. The van der Waals surface area contributed by atoms with Gasteiger partial charge >= 0.3 is 0 Å². The van der Waals surface area contributed by atoms with Crippen LogP contribution in [0.15, 0.2) is 35.1 Å². The van der Waals surface area contributed by atoms with Crippen LogP contribution in [-0.4, -0.2) is 4.98 Å². The maximum absolute atomic E-state index is 5.86. The summed E-state index contributed by atoms with van der Waals surface area (Å²) in [6, 6.07) is 6.02. The van der Waals surface area contributed by atoms with Crippen LogP contribution in [0.5, 0.6) is 0 Å². The van der Waals surface area contributed by atoms with Crippen LogP contribution in [0.4, 0.5) is 17.1 Å². The highest BCUT2D eigenvalue weighted by molar-refractivity contribution is 9.10. The lowest BCUT2D eigenvalue weighted by atomic mass is 10.1. The van der Waals surface area contributed by atoms with E-state index in [-0.39, 0.29) is 0 Å². The van der Waals surface area contributed by atoms with Crippen LogP contribution in [0.25, 0.3) is 0 Å². The molecule has 88 valence electrons. The van der Waals surface area contributed by atoms with E-state index in [1.807, 2.05) is 6.07 Å². The number of pyridine rings is 1. The topological polar surface area (TPSA) is 50.9 Å². The Bertz CT molecular complexity index is 529. The second-order valence-electron chi connectivity index (χ2n) is 4.00. The van der Waals surface area contributed by atoms with Crippen LogP contribution in [0.3, 0.4) is 0 Å². The molecule has 0 bridgehead atoms. The van der Waals surface area contributed by atoms with Crippen molar-refractivity contribution < 1.29 is 0 Å². The molecule has 3 N–H and O–H groups in total. The molecule has 0 saturated heterocycles. The minimum atomic E-state index is 0.647. The molecule has 0 saturated carbocycles. The second kappa shape index (κ2) is 4.75. The summed E-state index contributed by atoms with van der Waals surface area (Å²) < 4.78 is 1.08. The minimum Gasteiger partial charge on any atom is -0.396 e. The van der Waals surface area contributed by atoms with E-state index in [0.717, 1.165) is 15.8 Å². The number of rotatable bonds is 2. The first-order valence-corrected chi connectivity index (χ1v) is 6.10. The molecule has 1 aromatic carbocycles. The molecule has 2 rings (SSSR count). The predicted octanol–water partition coefficient (Wildman–Crippen LogP) is 3.79. The molecule has 0 spiro atoms. The van der Waals surface area contributed by atoms with E-state index in [4.69, 9.17) is 5.73 Å². The van der Waals surface area contributed by atoms with Gasteiger partial charge in [0.15, 0.2) is 0 Å². The van der Waals surface area contributed by atoms with Gasteiger partial charge in [-0.3, -0.25) is 4.98 Å².